The average molecular weight is 441 g/mol. The molecule has 1 aliphatic rings. The number of aromatic nitrogens is 2. The van der Waals surface area contributed by atoms with Crippen molar-refractivity contribution in [1.82, 2.24) is 9.97 Å². The Hall–Kier alpha value is -4.26. The van der Waals surface area contributed by atoms with Crippen LogP contribution in [0.5, 0.6) is 0 Å². The first kappa shape index (κ1) is 20.6. The van der Waals surface area contributed by atoms with Crippen molar-refractivity contribution in [3.63, 3.8) is 0 Å². The molecule has 1 atom stereocenters. The van der Waals surface area contributed by atoms with E-state index in [2.05, 4.69) is 9.97 Å². The van der Waals surface area contributed by atoms with Crippen LogP contribution in [0, 0.1) is 5.82 Å². The highest BCUT2D eigenvalue weighted by molar-refractivity contribution is 6.16. The topological polar surface area (TPSA) is 86.3 Å². The molecule has 0 saturated heterocycles. The number of amides is 1. The Morgan fingerprint density at radius 1 is 1.03 bits per heavy atom. The van der Waals surface area contributed by atoms with Crippen LogP contribution in [0.4, 0.5) is 10.3 Å². The number of aliphatic hydroxyl groups excluding tert-OH is 1. The second-order valence-electron chi connectivity index (χ2n) is 7.88. The highest BCUT2D eigenvalue weighted by atomic mass is 19.1. The highest BCUT2D eigenvalue weighted by Crippen LogP contribution is 2.40. The summed E-state index contributed by atoms with van der Waals surface area (Å²) in [4.78, 5) is 35.1. The van der Waals surface area contributed by atoms with Gasteiger partial charge in [-0.15, -0.1) is 0 Å². The third kappa shape index (κ3) is 3.78. The molecule has 2 N–H and O–H groups in total. The molecular weight excluding hydrogens is 421 g/mol. The Balaban J connectivity index is 1.54. The molecule has 0 spiro atoms. The van der Waals surface area contributed by atoms with E-state index in [0.717, 1.165) is 5.56 Å². The number of ketones is 1. The number of imidazole rings is 1. The van der Waals surface area contributed by atoms with Gasteiger partial charge in [0.15, 0.2) is 11.5 Å². The van der Waals surface area contributed by atoms with E-state index in [4.69, 9.17) is 0 Å². The van der Waals surface area contributed by atoms with Gasteiger partial charge in [-0.1, -0.05) is 60.7 Å². The second-order valence-corrected chi connectivity index (χ2v) is 7.88. The molecule has 1 amide bonds. The number of H-pyrrole nitrogens is 1. The maximum atomic E-state index is 13.7. The van der Waals surface area contributed by atoms with Crippen LogP contribution in [-0.2, 0) is 16.0 Å². The van der Waals surface area contributed by atoms with Gasteiger partial charge in [-0.3, -0.25) is 14.5 Å². The number of nitrogens with zero attached hydrogens (tertiary/aromatic N) is 2. The van der Waals surface area contributed by atoms with Gasteiger partial charge in [0, 0.05) is 6.42 Å². The second kappa shape index (κ2) is 8.35. The molecule has 6 nitrogen and oxygen atoms in total. The lowest BCUT2D eigenvalue weighted by Gasteiger charge is -2.24. The largest absolute Gasteiger partial charge is 0.503 e. The summed E-state index contributed by atoms with van der Waals surface area (Å²) < 4.78 is 13.7. The summed E-state index contributed by atoms with van der Waals surface area (Å²) >= 11 is 0. The summed E-state index contributed by atoms with van der Waals surface area (Å²) in [5.41, 5.74) is 2.56. The lowest BCUT2D eigenvalue weighted by Crippen LogP contribution is -2.32. The van der Waals surface area contributed by atoms with Gasteiger partial charge in [0.05, 0.1) is 22.6 Å². The molecule has 1 aromatic heterocycles. The molecule has 0 aliphatic carbocycles. The van der Waals surface area contributed by atoms with Crippen molar-refractivity contribution < 1.29 is 19.1 Å². The number of hydrogen-bond acceptors (Lipinski definition) is 4. The maximum Gasteiger partial charge on any atom is 0.296 e. The number of rotatable bonds is 6. The first-order valence-corrected chi connectivity index (χ1v) is 10.6. The molecule has 0 bridgehead atoms. The molecule has 1 aliphatic heterocycles. The number of carbonyl (C=O) groups excluding carboxylic acids is 2. The monoisotopic (exact) mass is 441 g/mol. The lowest BCUT2D eigenvalue weighted by atomic mass is 9.93. The number of aryl methyl sites for hydroxylation is 1. The van der Waals surface area contributed by atoms with Crippen LogP contribution in [0.1, 0.15) is 23.6 Å². The summed E-state index contributed by atoms with van der Waals surface area (Å²) in [6.07, 6.45) is 0.620. The van der Waals surface area contributed by atoms with Crippen molar-refractivity contribution in [2.75, 3.05) is 4.90 Å². The number of Topliss-reactive ketones (excluding diaryl/α,β-unsaturated/α-hetero) is 1. The van der Waals surface area contributed by atoms with Crippen LogP contribution in [0.15, 0.2) is 90.2 Å². The van der Waals surface area contributed by atoms with Gasteiger partial charge >= 0.3 is 0 Å². The Bertz CT molecular complexity index is 1380. The van der Waals surface area contributed by atoms with E-state index in [9.17, 15) is 19.1 Å². The van der Waals surface area contributed by atoms with Crippen LogP contribution in [0.3, 0.4) is 0 Å². The number of carbonyl (C=O) groups is 2. The van der Waals surface area contributed by atoms with E-state index in [-0.39, 0.29) is 23.7 Å². The van der Waals surface area contributed by atoms with Gasteiger partial charge in [-0.25, -0.2) is 9.37 Å². The molecule has 0 saturated carbocycles. The standard InChI is InChI=1S/C26H20FN3O3/c27-18-12-13-19-20(15-18)29-26(28-19)30-23(17-9-5-2-6-10-17)22(24(32)25(30)33)21(31)14-11-16-7-3-1-4-8-16/h1-10,12-13,15,23,32H,11,14H2,(H,28,29). The van der Waals surface area contributed by atoms with Gasteiger partial charge in [-0.2, -0.15) is 0 Å². The Kier molecular flexibility index (Phi) is 5.22. The fourth-order valence-electron chi connectivity index (χ4n) is 4.18. The van der Waals surface area contributed by atoms with E-state index < -0.39 is 23.5 Å². The summed E-state index contributed by atoms with van der Waals surface area (Å²) in [6, 6.07) is 21.8. The number of benzene rings is 3. The normalized spacial score (nSPS) is 16.1. The quantitative estimate of drug-likeness (QED) is 0.450. The highest BCUT2D eigenvalue weighted by Gasteiger charge is 2.45. The zero-order valence-electron chi connectivity index (χ0n) is 17.5. The van der Waals surface area contributed by atoms with Crippen molar-refractivity contribution in [2.45, 2.75) is 18.9 Å². The Labute approximate surface area is 189 Å². The third-order valence-electron chi connectivity index (χ3n) is 5.77. The minimum atomic E-state index is -0.854. The summed E-state index contributed by atoms with van der Waals surface area (Å²) in [5.74, 6) is -1.95. The Morgan fingerprint density at radius 2 is 1.73 bits per heavy atom. The summed E-state index contributed by atoms with van der Waals surface area (Å²) in [7, 11) is 0. The number of nitrogens with one attached hydrogen (secondary N) is 1. The van der Waals surface area contributed by atoms with Crippen molar-refractivity contribution in [1.29, 1.82) is 0 Å². The SMILES string of the molecule is O=C(CCc1ccccc1)C1=C(O)C(=O)N(c2nc3ccc(F)cc3[nH]2)C1c1ccccc1. The fourth-order valence-corrected chi connectivity index (χ4v) is 4.18. The molecule has 3 aromatic carbocycles. The number of anilines is 1. The lowest BCUT2D eigenvalue weighted by molar-refractivity contribution is -0.118. The van der Waals surface area contributed by atoms with Crippen molar-refractivity contribution in [3.05, 3.63) is 107 Å². The number of halogens is 1. The minimum Gasteiger partial charge on any atom is -0.503 e. The van der Waals surface area contributed by atoms with Crippen LogP contribution < -0.4 is 4.90 Å². The van der Waals surface area contributed by atoms with Crippen LogP contribution >= 0.6 is 0 Å². The molecule has 0 fully saturated rings. The smallest absolute Gasteiger partial charge is 0.296 e. The van der Waals surface area contributed by atoms with Gasteiger partial charge in [0.1, 0.15) is 5.82 Å². The third-order valence-corrected chi connectivity index (χ3v) is 5.77. The Morgan fingerprint density at radius 3 is 2.45 bits per heavy atom. The van der Waals surface area contributed by atoms with Crippen molar-refractivity contribution in [3.8, 4) is 0 Å². The summed E-state index contributed by atoms with van der Waals surface area (Å²) in [5, 5.41) is 10.8. The number of hydrogen-bond donors (Lipinski definition) is 2. The number of aliphatic hydroxyl groups is 1. The zero-order valence-corrected chi connectivity index (χ0v) is 17.5. The van der Waals surface area contributed by atoms with Gasteiger partial charge in [0.25, 0.3) is 5.91 Å². The first-order valence-electron chi connectivity index (χ1n) is 10.6. The van der Waals surface area contributed by atoms with Gasteiger partial charge in [0.2, 0.25) is 5.95 Å². The molecule has 0 radical (unpaired) electrons. The average Bonchev–Trinajstić information content (AvgIpc) is 3.36. The molecular formula is C26H20FN3O3. The summed E-state index contributed by atoms with van der Waals surface area (Å²) in [6.45, 7) is 0. The van der Waals surface area contributed by atoms with E-state index in [1.54, 1.807) is 24.3 Å². The molecule has 5 rings (SSSR count). The van der Waals surface area contributed by atoms with E-state index >= 15 is 0 Å². The molecule has 2 heterocycles. The molecule has 1 unspecified atom stereocenters. The van der Waals surface area contributed by atoms with Crippen molar-refractivity contribution >= 4 is 28.7 Å². The molecule has 33 heavy (non-hydrogen) atoms. The maximum absolute atomic E-state index is 13.7. The van der Waals surface area contributed by atoms with Crippen LogP contribution in [-0.4, -0.2) is 26.8 Å². The predicted molar refractivity (Wildman–Crippen MR) is 122 cm³/mol. The minimum absolute atomic E-state index is 0.0359. The molecule has 4 aromatic rings. The zero-order chi connectivity index (χ0) is 22.9. The van der Waals surface area contributed by atoms with Crippen LogP contribution in [0.2, 0.25) is 0 Å². The van der Waals surface area contributed by atoms with Gasteiger partial charge in [-0.05, 0) is 35.7 Å². The van der Waals surface area contributed by atoms with Crippen molar-refractivity contribution in [2.24, 2.45) is 0 Å². The van der Waals surface area contributed by atoms with Gasteiger partial charge < -0.3 is 10.1 Å². The first-order chi connectivity index (χ1) is 16.0. The van der Waals surface area contributed by atoms with E-state index in [1.165, 1.54) is 23.1 Å². The van der Waals surface area contributed by atoms with Crippen LogP contribution in [0.25, 0.3) is 11.0 Å². The van der Waals surface area contributed by atoms with E-state index in [0.29, 0.717) is 23.0 Å². The predicted octanol–water partition coefficient (Wildman–Crippen LogP) is 4.80. The number of aromatic amines is 1. The fraction of sp³-hybridized carbons (Fsp3) is 0.115. The molecule has 7 heteroatoms. The number of fused-ring (bicyclic) bond motifs is 1. The van der Waals surface area contributed by atoms with E-state index in [1.807, 2.05) is 36.4 Å². The molecule has 164 valence electrons.